The van der Waals surface area contributed by atoms with Gasteiger partial charge in [0.1, 0.15) is 0 Å². The van der Waals surface area contributed by atoms with E-state index in [0.717, 1.165) is 0 Å². The first-order valence-electron chi connectivity index (χ1n) is 2.67. The van der Waals surface area contributed by atoms with Crippen molar-refractivity contribution in [3.05, 3.63) is 11.8 Å². The van der Waals surface area contributed by atoms with E-state index in [4.69, 9.17) is 5.11 Å². The van der Waals surface area contributed by atoms with Crippen LogP contribution in [0.25, 0.3) is 0 Å². The smallest absolute Gasteiger partial charge is 0.334 e. The predicted octanol–water partition coefficient (Wildman–Crippen LogP) is -0.732. The maximum absolute atomic E-state index is 10.4. The van der Waals surface area contributed by atoms with Crippen LogP contribution in [0.4, 0.5) is 4.79 Å². The molecule has 0 spiro atoms. The Morgan fingerprint density at radius 2 is 2.40 bits per heavy atom. The summed E-state index contributed by atoms with van der Waals surface area (Å²) in [5, 5.41) is 12.9. The molecule has 1 aliphatic rings. The monoisotopic (exact) mass is 142 g/mol. The molecule has 1 heterocycles. The minimum atomic E-state index is -1.02. The van der Waals surface area contributed by atoms with Gasteiger partial charge in [0, 0.05) is 6.20 Å². The summed E-state index contributed by atoms with van der Waals surface area (Å²) in [6.07, 6.45) is 1.18. The first-order chi connectivity index (χ1) is 4.70. The Balaban J connectivity index is 2.65. The van der Waals surface area contributed by atoms with Gasteiger partial charge in [-0.3, -0.25) is 0 Å². The number of hydrogen-bond donors (Lipinski definition) is 3. The second kappa shape index (κ2) is 2.38. The molecule has 2 amide bonds. The molecule has 0 aliphatic carbocycles. The third-order valence-corrected chi connectivity index (χ3v) is 1.09. The second-order valence-electron chi connectivity index (χ2n) is 1.80. The molecule has 0 aromatic rings. The Bertz CT molecular complexity index is 209. The van der Waals surface area contributed by atoms with Gasteiger partial charge in [0.25, 0.3) is 0 Å². The summed E-state index contributed by atoms with van der Waals surface area (Å²) in [5.41, 5.74) is 0.152. The molecule has 1 rings (SSSR count). The third-order valence-electron chi connectivity index (χ3n) is 1.09. The zero-order valence-electron chi connectivity index (χ0n) is 5.05. The van der Waals surface area contributed by atoms with Gasteiger partial charge in [0.15, 0.2) is 0 Å². The standard InChI is InChI=1S/C5H6N2O3/c8-4(9)3-1-6-5(10)7-2-3/h1H,2H2,(H,8,9)(H2,6,7,10). The van der Waals surface area contributed by atoms with Crippen molar-refractivity contribution in [2.24, 2.45) is 0 Å². The fraction of sp³-hybridized carbons (Fsp3) is 0.200. The molecule has 0 fully saturated rings. The zero-order valence-corrected chi connectivity index (χ0v) is 5.05. The SMILES string of the molecule is O=C1NC=C(C(=O)O)CN1. The van der Waals surface area contributed by atoms with Crippen LogP contribution in [0.3, 0.4) is 0 Å². The molecule has 10 heavy (non-hydrogen) atoms. The lowest BCUT2D eigenvalue weighted by molar-refractivity contribution is -0.132. The molecule has 0 unspecified atom stereocenters. The molecule has 5 nitrogen and oxygen atoms in total. The summed E-state index contributed by atoms with van der Waals surface area (Å²) in [5.74, 6) is -1.02. The summed E-state index contributed by atoms with van der Waals surface area (Å²) in [4.78, 5) is 20.6. The number of aliphatic carboxylic acids is 1. The molecule has 54 valence electrons. The molecule has 1 aliphatic heterocycles. The van der Waals surface area contributed by atoms with Crippen molar-refractivity contribution in [3.63, 3.8) is 0 Å². The quantitative estimate of drug-likeness (QED) is 0.451. The van der Waals surface area contributed by atoms with Gasteiger partial charge in [-0.05, 0) is 0 Å². The maximum atomic E-state index is 10.4. The van der Waals surface area contributed by atoms with Crippen molar-refractivity contribution < 1.29 is 14.7 Å². The minimum absolute atomic E-state index is 0.0845. The molecule has 0 aromatic carbocycles. The molecule has 0 atom stereocenters. The highest BCUT2D eigenvalue weighted by Crippen LogP contribution is 1.93. The fourth-order valence-electron chi connectivity index (χ4n) is 0.568. The van der Waals surface area contributed by atoms with Crippen molar-refractivity contribution in [2.75, 3.05) is 6.54 Å². The molecule has 5 heteroatoms. The van der Waals surface area contributed by atoms with Crippen molar-refractivity contribution in [3.8, 4) is 0 Å². The van der Waals surface area contributed by atoms with Crippen LogP contribution < -0.4 is 10.6 Å². The lowest BCUT2D eigenvalue weighted by atomic mass is 10.3. The summed E-state index contributed by atoms with van der Waals surface area (Å²) >= 11 is 0. The Hall–Kier alpha value is -1.52. The fourth-order valence-corrected chi connectivity index (χ4v) is 0.568. The summed E-state index contributed by atoms with van der Waals surface area (Å²) in [6, 6.07) is -0.370. The molecule has 0 bridgehead atoms. The predicted molar refractivity (Wildman–Crippen MR) is 32.3 cm³/mol. The number of nitrogens with one attached hydrogen (secondary N) is 2. The Labute approximate surface area is 56.7 Å². The van der Waals surface area contributed by atoms with Crippen LogP contribution in [0.1, 0.15) is 0 Å². The van der Waals surface area contributed by atoms with Gasteiger partial charge in [0.2, 0.25) is 0 Å². The Kier molecular flexibility index (Phi) is 1.57. The van der Waals surface area contributed by atoms with Crippen molar-refractivity contribution in [2.45, 2.75) is 0 Å². The summed E-state index contributed by atoms with van der Waals surface area (Å²) in [6.45, 7) is 0.0845. The van der Waals surface area contributed by atoms with E-state index >= 15 is 0 Å². The Morgan fingerprint density at radius 1 is 1.70 bits per heavy atom. The van der Waals surface area contributed by atoms with E-state index in [9.17, 15) is 9.59 Å². The van der Waals surface area contributed by atoms with Gasteiger partial charge >= 0.3 is 12.0 Å². The molecule has 0 saturated heterocycles. The molecule has 0 saturated carbocycles. The van der Waals surface area contributed by atoms with Gasteiger partial charge in [-0.25, -0.2) is 9.59 Å². The van der Waals surface area contributed by atoms with E-state index in [-0.39, 0.29) is 18.1 Å². The van der Waals surface area contributed by atoms with Gasteiger partial charge in [-0.1, -0.05) is 0 Å². The summed E-state index contributed by atoms with van der Waals surface area (Å²) in [7, 11) is 0. The van der Waals surface area contributed by atoms with Crippen molar-refractivity contribution in [1.29, 1.82) is 0 Å². The Morgan fingerprint density at radius 3 is 2.80 bits per heavy atom. The number of carbonyl (C=O) groups is 2. The number of rotatable bonds is 1. The summed E-state index contributed by atoms with van der Waals surface area (Å²) < 4.78 is 0. The first-order valence-corrected chi connectivity index (χ1v) is 2.67. The average molecular weight is 142 g/mol. The average Bonchev–Trinajstić information content (AvgIpc) is 1.88. The lowest BCUT2D eigenvalue weighted by Gasteiger charge is -2.10. The maximum Gasteiger partial charge on any atom is 0.334 e. The van der Waals surface area contributed by atoms with E-state index in [1.165, 1.54) is 6.20 Å². The van der Waals surface area contributed by atoms with Gasteiger partial charge < -0.3 is 15.7 Å². The van der Waals surface area contributed by atoms with Crippen molar-refractivity contribution >= 4 is 12.0 Å². The van der Waals surface area contributed by atoms with Gasteiger partial charge in [0.05, 0.1) is 12.1 Å². The van der Waals surface area contributed by atoms with E-state index in [0.29, 0.717) is 0 Å². The molecule has 0 aromatic heterocycles. The molecule has 3 N–H and O–H groups in total. The zero-order chi connectivity index (χ0) is 7.56. The first kappa shape index (κ1) is 6.60. The number of urea groups is 1. The van der Waals surface area contributed by atoms with Crippen LogP contribution in [0.5, 0.6) is 0 Å². The number of amides is 2. The highest BCUT2D eigenvalue weighted by Gasteiger charge is 2.12. The van der Waals surface area contributed by atoms with E-state index < -0.39 is 5.97 Å². The third kappa shape index (κ3) is 1.25. The number of hydrogen-bond acceptors (Lipinski definition) is 2. The number of carboxylic acid groups (broad SMARTS) is 1. The number of carbonyl (C=O) groups excluding carboxylic acids is 1. The van der Waals surface area contributed by atoms with Crippen LogP contribution in [-0.4, -0.2) is 23.7 Å². The minimum Gasteiger partial charge on any atom is -0.478 e. The number of carboxylic acids is 1. The largest absolute Gasteiger partial charge is 0.478 e. The molecule has 0 radical (unpaired) electrons. The van der Waals surface area contributed by atoms with Crippen LogP contribution in [0.15, 0.2) is 11.8 Å². The normalized spacial score (nSPS) is 16.8. The molecular weight excluding hydrogens is 136 g/mol. The second-order valence-corrected chi connectivity index (χ2v) is 1.80. The van der Waals surface area contributed by atoms with E-state index in [1.54, 1.807) is 0 Å². The van der Waals surface area contributed by atoms with Gasteiger partial charge in [-0.15, -0.1) is 0 Å². The van der Waals surface area contributed by atoms with Crippen LogP contribution in [-0.2, 0) is 4.79 Å². The van der Waals surface area contributed by atoms with Crippen LogP contribution >= 0.6 is 0 Å². The molecular formula is C5H6N2O3. The van der Waals surface area contributed by atoms with Crippen LogP contribution in [0.2, 0.25) is 0 Å². The van der Waals surface area contributed by atoms with Crippen molar-refractivity contribution in [1.82, 2.24) is 10.6 Å². The highest BCUT2D eigenvalue weighted by molar-refractivity contribution is 5.90. The lowest BCUT2D eigenvalue weighted by Crippen LogP contribution is -2.39. The van der Waals surface area contributed by atoms with E-state index in [1.807, 2.05) is 0 Å². The van der Waals surface area contributed by atoms with E-state index in [2.05, 4.69) is 10.6 Å². The van der Waals surface area contributed by atoms with Gasteiger partial charge in [-0.2, -0.15) is 0 Å². The van der Waals surface area contributed by atoms with Crippen LogP contribution in [0, 0.1) is 0 Å². The topological polar surface area (TPSA) is 78.4 Å². The highest BCUT2D eigenvalue weighted by atomic mass is 16.4.